The lowest BCUT2D eigenvalue weighted by atomic mass is 10.3. The van der Waals surface area contributed by atoms with Gasteiger partial charge in [0.15, 0.2) is 0 Å². The van der Waals surface area contributed by atoms with Crippen molar-refractivity contribution in [2.75, 3.05) is 13.2 Å². The van der Waals surface area contributed by atoms with E-state index < -0.39 is 18.1 Å². The van der Waals surface area contributed by atoms with Crippen LogP contribution in [0.1, 0.15) is 6.92 Å². The number of amides is 1. The van der Waals surface area contributed by atoms with Gasteiger partial charge in [-0.25, -0.2) is 0 Å². The standard InChI is InChI=1S/C6H14N2O3/c1-4(6(7)11)8-2-5(10)3-9/h4-5,8-10H,2-3H2,1H3,(H2,7,11). The molecular weight excluding hydrogens is 148 g/mol. The molecule has 0 aromatic rings. The number of carbonyl (C=O) groups is 1. The Kier molecular flexibility index (Phi) is 4.76. The summed E-state index contributed by atoms with van der Waals surface area (Å²) >= 11 is 0. The molecule has 66 valence electrons. The molecule has 5 N–H and O–H groups in total. The summed E-state index contributed by atoms with van der Waals surface area (Å²) in [6, 6.07) is -0.476. The van der Waals surface area contributed by atoms with Crippen molar-refractivity contribution < 1.29 is 15.0 Å². The summed E-state index contributed by atoms with van der Waals surface area (Å²) in [5.41, 5.74) is 4.92. The minimum absolute atomic E-state index is 0.167. The number of hydrogen-bond donors (Lipinski definition) is 4. The van der Waals surface area contributed by atoms with Crippen molar-refractivity contribution in [2.45, 2.75) is 19.1 Å². The zero-order valence-corrected chi connectivity index (χ0v) is 6.45. The molecule has 1 amide bonds. The number of aliphatic hydroxyl groups is 2. The van der Waals surface area contributed by atoms with Crippen LogP contribution in [0.2, 0.25) is 0 Å². The average molecular weight is 162 g/mol. The Labute approximate surface area is 65.2 Å². The smallest absolute Gasteiger partial charge is 0.234 e. The molecule has 11 heavy (non-hydrogen) atoms. The van der Waals surface area contributed by atoms with Crippen molar-refractivity contribution in [3.8, 4) is 0 Å². The third-order valence-corrected chi connectivity index (χ3v) is 1.30. The van der Waals surface area contributed by atoms with Crippen LogP contribution in [0, 0.1) is 0 Å². The summed E-state index contributed by atoms with van der Waals surface area (Å²) in [5, 5.41) is 19.9. The fraction of sp³-hybridized carbons (Fsp3) is 0.833. The van der Waals surface area contributed by atoms with E-state index in [1.165, 1.54) is 0 Å². The molecule has 0 heterocycles. The van der Waals surface area contributed by atoms with E-state index >= 15 is 0 Å². The lowest BCUT2D eigenvalue weighted by molar-refractivity contribution is -0.119. The first-order valence-electron chi connectivity index (χ1n) is 3.39. The summed E-state index contributed by atoms with van der Waals surface area (Å²) in [5.74, 6) is -0.477. The van der Waals surface area contributed by atoms with Crippen LogP contribution in [0.5, 0.6) is 0 Å². The van der Waals surface area contributed by atoms with Crippen LogP contribution < -0.4 is 11.1 Å². The highest BCUT2D eigenvalue weighted by atomic mass is 16.3. The molecule has 2 atom stereocenters. The molecule has 5 nitrogen and oxygen atoms in total. The van der Waals surface area contributed by atoms with E-state index in [1.54, 1.807) is 6.92 Å². The second-order valence-corrected chi connectivity index (χ2v) is 2.37. The molecule has 0 bridgehead atoms. The van der Waals surface area contributed by atoms with E-state index in [2.05, 4.69) is 5.32 Å². The van der Waals surface area contributed by atoms with Crippen LogP contribution >= 0.6 is 0 Å². The van der Waals surface area contributed by atoms with E-state index in [-0.39, 0.29) is 13.2 Å². The summed E-state index contributed by atoms with van der Waals surface area (Å²) in [6.45, 7) is 1.44. The fourth-order valence-corrected chi connectivity index (χ4v) is 0.478. The Bertz CT molecular complexity index is 129. The largest absolute Gasteiger partial charge is 0.394 e. The maximum absolute atomic E-state index is 10.4. The van der Waals surface area contributed by atoms with Crippen molar-refractivity contribution in [2.24, 2.45) is 5.73 Å². The van der Waals surface area contributed by atoms with E-state index in [0.717, 1.165) is 0 Å². The number of rotatable bonds is 5. The molecule has 0 aliphatic heterocycles. The average Bonchev–Trinajstić information content (AvgIpc) is 1.99. The SMILES string of the molecule is CC(NCC(O)CO)C(N)=O. The molecule has 0 saturated carbocycles. The van der Waals surface area contributed by atoms with Crippen molar-refractivity contribution >= 4 is 5.91 Å². The fourth-order valence-electron chi connectivity index (χ4n) is 0.478. The molecule has 0 radical (unpaired) electrons. The van der Waals surface area contributed by atoms with Gasteiger partial charge >= 0.3 is 0 Å². The van der Waals surface area contributed by atoms with Crippen LogP contribution in [-0.2, 0) is 4.79 Å². The monoisotopic (exact) mass is 162 g/mol. The Morgan fingerprint density at radius 2 is 2.27 bits per heavy atom. The number of nitrogens with one attached hydrogen (secondary N) is 1. The molecule has 0 aliphatic rings. The lowest BCUT2D eigenvalue weighted by Gasteiger charge is -2.12. The van der Waals surface area contributed by atoms with Gasteiger partial charge in [-0.1, -0.05) is 0 Å². The number of carbonyl (C=O) groups excluding carboxylic acids is 1. The van der Waals surface area contributed by atoms with Gasteiger partial charge in [-0.3, -0.25) is 4.79 Å². The predicted octanol–water partition coefficient (Wildman–Crippen LogP) is -2.20. The molecule has 0 rings (SSSR count). The molecule has 0 fully saturated rings. The first-order valence-corrected chi connectivity index (χ1v) is 3.39. The molecule has 2 unspecified atom stereocenters. The Morgan fingerprint density at radius 3 is 2.64 bits per heavy atom. The predicted molar refractivity (Wildman–Crippen MR) is 39.8 cm³/mol. The maximum Gasteiger partial charge on any atom is 0.234 e. The molecule has 0 aliphatic carbocycles. The number of aliphatic hydroxyl groups excluding tert-OH is 2. The summed E-state index contributed by atoms with van der Waals surface area (Å²) < 4.78 is 0. The van der Waals surface area contributed by atoms with Gasteiger partial charge in [0.2, 0.25) is 5.91 Å². The zero-order chi connectivity index (χ0) is 8.85. The molecular formula is C6H14N2O3. The number of primary amides is 1. The van der Waals surface area contributed by atoms with E-state index in [4.69, 9.17) is 15.9 Å². The van der Waals surface area contributed by atoms with Gasteiger partial charge in [0, 0.05) is 6.54 Å². The van der Waals surface area contributed by atoms with Crippen LogP contribution in [-0.4, -0.2) is 41.4 Å². The van der Waals surface area contributed by atoms with Crippen LogP contribution in [0.25, 0.3) is 0 Å². The minimum atomic E-state index is -0.836. The highest BCUT2D eigenvalue weighted by molar-refractivity contribution is 5.79. The first kappa shape index (κ1) is 10.3. The number of nitrogens with two attached hydrogens (primary N) is 1. The minimum Gasteiger partial charge on any atom is -0.394 e. The lowest BCUT2D eigenvalue weighted by Crippen LogP contribution is -2.42. The highest BCUT2D eigenvalue weighted by Gasteiger charge is 2.09. The van der Waals surface area contributed by atoms with E-state index in [9.17, 15) is 4.79 Å². The van der Waals surface area contributed by atoms with Gasteiger partial charge in [0.25, 0.3) is 0 Å². The Hall–Kier alpha value is -0.650. The van der Waals surface area contributed by atoms with Crippen LogP contribution in [0.4, 0.5) is 0 Å². The van der Waals surface area contributed by atoms with Crippen molar-refractivity contribution in [1.82, 2.24) is 5.32 Å². The molecule has 0 aromatic heterocycles. The van der Waals surface area contributed by atoms with Gasteiger partial charge in [0.1, 0.15) is 0 Å². The third kappa shape index (κ3) is 4.72. The van der Waals surface area contributed by atoms with Crippen LogP contribution in [0.3, 0.4) is 0 Å². The summed E-state index contributed by atoms with van der Waals surface area (Å²) in [6.07, 6.45) is -0.836. The zero-order valence-electron chi connectivity index (χ0n) is 6.45. The molecule has 0 spiro atoms. The Balaban J connectivity index is 3.45. The molecule has 5 heteroatoms. The van der Waals surface area contributed by atoms with Gasteiger partial charge in [-0.2, -0.15) is 0 Å². The van der Waals surface area contributed by atoms with Crippen molar-refractivity contribution in [3.05, 3.63) is 0 Å². The molecule has 0 aromatic carbocycles. The van der Waals surface area contributed by atoms with Gasteiger partial charge < -0.3 is 21.3 Å². The first-order chi connectivity index (χ1) is 5.07. The normalized spacial score (nSPS) is 15.9. The summed E-state index contributed by atoms with van der Waals surface area (Å²) in [4.78, 5) is 10.4. The second-order valence-electron chi connectivity index (χ2n) is 2.37. The summed E-state index contributed by atoms with van der Waals surface area (Å²) in [7, 11) is 0. The topological polar surface area (TPSA) is 95.6 Å². The van der Waals surface area contributed by atoms with E-state index in [1.807, 2.05) is 0 Å². The van der Waals surface area contributed by atoms with Gasteiger partial charge in [-0.15, -0.1) is 0 Å². The van der Waals surface area contributed by atoms with Crippen molar-refractivity contribution in [1.29, 1.82) is 0 Å². The van der Waals surface area contributed by atoms with E-state index in [0.29, 0.717) is 0 Å². The van der Waals surface area contributed by atoms with Crippen molar-refractivity contribution in [3.63, 3.8) is 0 Å². The maximum atomic E-state index is 10.4. The van der Waals surface area contributed by atoms with Gasteiger partial charge in [-0.05, 0) is 6.92 Å². The third-order valence-electron chi connectivity index (χ3n) is 1.30. The van der Waals surface area contributed by atoms with Gasteiger partial charge in [0.05, 0.1) is 18.8 Å². The second kappa shape index (κ2) is 5.06. The highest BCUT2D eigenvalue weighted by Crippen LogP contribution is 1.81. The van der Waals surface area contributed by atoms with Crippen LogP contribution in [0.15, 0.2) is 0 Å². The Morgan fingerprint density at radius 1 is 1.73 bits per heavy atom. The molecule has 0 saturated heterocycles. The quantitative estimate of drug-likeness (QED) is 0.369. The number of hydrogen-bond acceptors (Lipinski definition) is 4.